The number of hydrogen-bond donors (Lipinski definition) is 1. The van der Waals surface area contributed by atoms with Crippen LogP contribution in [0.1, 0.15) is 50.4 Å². The van der Waals surface area contributed by atoms with Crippen molar-refractivity contribution in [2.45, 2.75) is 58.4 Å². The number of nitrogen functional groups attached to an aromatic ring is 1. The molecule has 2 N–H and O–H groups in total. The van der Waals surface area contributed by atoms with E-state index in [9.17, 15) is 0 Å². The minimum atomic E-state index is 0.655. The monoisotopic (exact) mass is 260 g/mol. The van der Waals surface area contributed by atoms with E-state index >= 15 is 0 Å². The number of anilines is 2. The summed E-state index contributed by atoms with van der Waals surface area (Å²) in [6, 6.07) is 0.687. The number of nitrogens with zero attached hydrogens (tertiary/aromatic N) is 3. The summed E-state index contributed by atoms with van der Waals surface area (Å²) in [7, 11) is 0. The van der Waals surface area contributed by atoms with Crippen LogP contribution in [-0.2, 0) is 6.42 Å². The van der Waals surface area contributed by atoms with Crippen LogP contribution >= 0.6 is 0 Å². The molecule has 1 aromatic rings. The Morgan fingerprint density at radius 1 is 1.21 bits per heavy atom. The molecule has 1 saturated heterocycles. The molecule has 1 aromatic heterocycles. The topological polar surface area (TPSA) is 55.0 Å². The molecule has 19 heavy (non-hydrogen) atoms. The molecule has 0 radical (unpaired) electrons. The highest BCUT2D eigenvalue weighted by molar-refractivity contribution is 5.57. The van der Waals surface area contributed by atoms with Crippen LogP contribution in [-0.4, -0.2) is 22.6 Å². The Kier molecular flexibility index (Phi) is 3.33. The van der Waals surface area contributed by atoms with Gasteiger partial charge in [-0.3, -0.25) is 0 Å². The summed E-state index contributed by atoms with van der Waals surface area (Å²) < 4.78 is 0. The van der Waals surface area contributed by atoms with E-state index in [-0.39, 0.29) is 0 Å². The standard InChI is InChI=1S/C15H24N4/c1-3-13-17-14(16)10(2)15(18-13)19-9-5-7-11-6-4-8-12(11)19/h11-12H,3-9H2,1-2H3,(H2,16,17,18). The molecule has 0 spiro atoms. The van der Waals surface area contributed by atoms with Crippen LogP contribution in [0.15, 0.2) is 0 Å². The van der Waals surface area contributed by atoms with E-state index in [1.807, 2.05) is 0 Å². The summed E-state index contributed by atoms with van der Waals surface area (Å²) in [5.74, 6) is 3.50. The van der Waals surface area contributed by atoms with Crippen molar-refractivity contribution in [1.82, 2.24) is 9.97 Å². The smallest absolute Gasteiger partial charge is 0.137 e. The minimum absolute atomic E-state index is 0.655. The van der Waals surface area contributed by atoms with Gasteiger partial charge in [0, 0.05) is 24.6 Å². The van der Waals surface area contributed by atoms with E-state index in [1.165, 1.54) is 32.1 Å². The van der Waals surface area contributed by atoms with Crippen LogP contribution in [0.5, 0.6) is 0 Å². The highest BCUT2D eigenvalue weighted by Crippen LogP contribution is 2.39. The van der Waals surface area contributed by atoms with Crippen molar-refractivity contribution in [1.29, 1.82) is 0 Å². The van der Waals surface area contributed by atoms with Crippen molar-refractivity contribution in [3.8, 4) is 0 Å². The Hall–Kier alpha value is -1.32. The maximum Gasteiger partial charge on any atom is 0.137 e. The molecule has 1 saturated carbocycles. The van der Waals surface area contributed by atoms with Gasteiger partial charge in [0.25, 0.3) is 0 Å². The van der Waals surface area contributed by atoms with E-state index in [2.05, 4.69) is 23.7 Å². The van der Waals surface area contributed by atoms with Gasteiger partial charge in [0.05, 0.1) is 0 Å². The van der Waals surface area contributed by atoms with E-state index < -0.39 is 0 Å². The van der Waals surface area contributed by atoms with Crippen LogP contribution in [0.3, 0.4) is 0 Å². The van der Waals surface area contributed by atoms with E-state index in [1.54, 1.807) is 0 Å². The van der Waals surface area contributed by atoms with Gasteiger partial charge in [-0.15, -0.1) is 0 Å². The molecule has 0 amide bonds. The summed E-state index contributed by atoms with van der Waals surface area (Å²) in [5.41, 5.74) is 7.12. The predicted octanol–water partition coefficient (Wildman–Crippen LogP) is 2.70. The molecule has 1 aliphatic heterocycles. The second-order valence-electron chi connectivity index (χ2n) is 5.92. The molecule has 2 atom stereocenters. The van der Waals surface area contributed by atoms with Gasteiger partial charge in [-0.2, -0.15) is 0 Å². The van der Waals surface area contributed by atoms with Crippen LogP contribution in [0.4, 0.5) is 11.6 Å². The average molecular weight is 260 g/mol. The molecule has 0 aromatic carbocycles. The van der Waals surface area contributed by atoms with Crippen molar-refractivity contribution in [2.24, 2.45) is 5.92 Å². The van der Waals surface area contributed by atoms with Crippen LogP contribution in [0.25, 0.3) is 0 Å². The molecule has 104 valence electrons. The number of hydrogen-bond acceptors (Lipinski definition) is 4. The van der Waals surface area contributed by atoms with Gasteiger partial charge in [-0.05, 0) is 38.5 Å². The molecule has 3 rings (SSSR count). The molecule has 2 heterocycles. The molecule has 2 unspecified atom stereocenters. The summed E-state index contributed by atoms with van der Waals surface area (Å²) >= 11 is 0. The van der Waals surface area contributed by atoms with Crippen molar-refractivity contribution < 1.29 is 0 Å². The average Bonchev–Trinajstić information content (AvgIpc) is 2.90. The van der Waals surface area contributed by atoms with Gasteiger partial charge >= 0.3 is 0 Å². The third kappa shape index (κ3) is 2.17. The summed E-state index contributed by atoms with van der Waals surface area (Å²) in [4.78, 5) is 11.7. The fourth-order valence-electron chi connectivity index (χ4n) is 3.72. The van der Waals surface area contributed by atoms with Crippen LogP contribution < -0.4 is 10.6 Å². The lowest BCUT2D eigenvalue weighted by Gasteiger charge is -2.39. The molecule has 1 aliphatic carbocycles. The van der Waals surface area contributed by atoms with Gasteiger partial charge in [-0.25, -0.2) is 9.97 Å². The highest BCUT2D eigenvalue weighted by atomic mass is 15.2. The Morgan fingerprint density at radius 3 is 2.79 bits per heavy atom. The van der Waals surface area contributed by atoms with E-state index in [0.717, 1.165) is 36.1 Å². The van der Waals surface area contributed by atoms with Crippen molar-refractivity contribution in [2.75, 3.05) is 17.2 Å². The van der Waals surface area contributed by atoms with E-state index in [0.29, 0.717) is 11.9 Å². The fourth-order valence-corrected chi connectivity index (χ4v) is 3.72. The lowest BCUT2D eigenvalue weighted by Crippen LogP contribution is -2.43. The maximum absolute atomic E-state index is 6.06. The normalized spacial score (nSPS) is 26.5. The SMILES string of the molecule is CCc1nc(N)c(C)c(N2CCCC3CCCC32)n1. The number of fused-ring (bicyclic) bond motifs is 1. The molecule has 4 heteroatoms. The Bertz CT molecular complexity index is 471. The Labute approximate surface area is 115 Å². The van der Waals surface area contributed by atoms with Crippen molar-refractivity contribution >= 4 is 11.6 Å². The van der Waals surface area contributed by atoms with E-state index in [4.69, 9.17) is 10.7 Å². The largest absolute Gasteiger partial charge is 0.383 e. The highest BCUT2D eigenvalue weighted by Gasteiger charge is 2.36. The Morgan fingerprint density at radius 2 is 2.00 bits per heavy atom. The maximum atomic E-state index is 6.06. The first-order valence-corrected chi connectivity index (χ1v) is 7.60. The first-order chi connectivity index (χ1) is 9.20. The number of nitrogens with two attached hydrogens (primary N) is 1. The second kappa shape index (κ2) is 4.99. The van der Waals surface area contributed by atoms with Crippen molar-refractivity contribution in [3.63, 3.8) is 0 Å². The minimum Gasteiger partial charge on any atom is -0.383 e. The second-order valence-corrected chi connectivity index (χ2v) is 5.92. The third-order valence-corrected chi connectivity index (χ3v) is 4.79. The van der Waals surface area contributed by atoms with Gasteiger partial charge < -0.3 is 10.6 Å². The lowest BCUT2D eigenvalue weighted by molar-refractivity contribution is 0.360. The molecule has 2 fully saturated rings. The van der Waals surface area contributed by atoms with Gasteiger partial charge in [-0.1, -0.05) is 13.3 Å². The lowest BCUT2D eigenvalue weighted by atomic mass is 9.91. The number of rotatable bonds is 2. The fraction of sp³-hybridized carbons (Fsp3) is 0.733. The zero-order valence-corrected chi connectivity index (χ0v) is 12.0. The van der Waals surface area contributed by atoms with Gasteiger partial charge in [0.1, 0.15) is 17.5 Å². The molecular formula is C15H24N4. The van der Waals surface area contributed by atoms with Gasteiger partial charge in [0.15, 0.2) is 0 Å². The summed E-state index contributed by atoms with van der Waals surface area (Å²) in [6.45, 7) is 5.27. The third-order valence-electron chi connectivity index (χ3n) is 4.79. The van der Waals surface area contributed by atoms with Crippen molar-refractivity contribution in [3.05, 3.63) is 11.4 Å². The molecule has 4 nitrogen and oxygen atoms in total. The quantitative estimate of drug-likeness (QED) is 0.888. The Balaban J connectivity index is 1.98. The zero-order chi connectivity index (χ0) is 13.4. The number of aromatic nitrogens is 2. The number of aryl methyl sites for hydroxylation is 1. The first-order valence-electron chi connectivity index (χ1n) is 7.60. The molecule has 0 bridgehead atoms. The zero-order valence-electron chi connectivity index (χ0n) is 12.0. The van der Waals surface area contributed by atoms with Crippen LogP contribution in [0, 0.1) is 12.8 Å². The molecular weight excluding hydrogens is 236 g/mol. The number of piperidine rings is 1. The summed E-state index contributed by atoms with van der Waals surface area (Å²) in [5, 5.41) is 0. The first kappa shape index (κ1) is 12.7. The molecule has 2 aliphatic rings. The van der Waals surface area contributed by atoms with Crippen LogP contribution in [0.2, 0.25) is 0 Å². The predicted molar refractivity (Wildman–Crippen MR) is 78.3 cm³/mol. The summed E-state index contributed by atoms with van der Waals surface area (Å²) in [6.07, 6.45) is 7.59. The van der Waals surface area contributed by atoms with Gasteiger partial charge in [0.2, 0.25) is 0 Å².